The van der Waals surface area contributed by atoms with Crippen LogP contribution in [0.15, 0.2) is 18.3 Å². The van der Waals surface area contributed by atoms with Gasteiger partial charge in [0.05, 0.1) is 0 Å². The molecule has 136 valence electrons. The van der Waals surface area contributed by atoms with Crippen molar-refractivity contribution in [3.8, 4) is 0 Å². The largest absolute Gasteiger partial charge is 0.352 e. The zero-order valence-electron chi connectivity index (χ0n) is 14.8. The highest BCUT2D eigenvalue weighted by molar-refractivity contribution is 5.74. The summed E-state index contributed by atoms with van der Waals surface area (Å²) in [6.45, 7) is 6.62. The number of anilines is 1. The zero-order valence-corrected chi connectivity index (χ0v) is 14.8. The van der Waals surface area contributed by atoms with E-state index in [1.165, 1.54) is 19.4 Å². The van der Waals surface area contributed by atoms with Crippen LogP contribution in [-0.2, 0) is 0 Å². The van der Waals surface area contributed by atoms with Crippen molar-refractivity contribution in [2.75, 3.05) is 50.7 Å². The SMILES string of the molecule is O=C(NC1CCN(CC2CC2)CC1)N1CCN(c2cccnn2)CC1. The highest BCUT2D eigenvalue weighted by Crippen LogP contribution is 2.30. The van der Waals surface area contributed by atoms with Gasteiger partial charge in [-0.05, 0) is 43.7 Å². The van der Waals surface area contributed by atoms with Crippen LogP contribution in [0, 0.1) is 5.92 Å². The average molecular weight is 344 g/mol. The number of nitrogens with zero attached hydrogens (tertiary/aromatic N) is 5. The van der Waals surface area contributed by atoms with Gasteiger partial charge in [0.1, 0.15) is 0 Å². The van der Waals surface area contributed by atoms with Gasteiger partial charge in [0.15, 0.2) is 5.82 Å². The molecule has 1 aromatic rings. The number of rotatable bonds is 4. The lowest BCUT2D eigenvalue weighted by atomic mass is 10.0. The average Bonchev–Trinajstić information content (AvgIpc) is 3.48. The van der Waals surface area contributed by atoms with Crippen LogP contribution in [0.2, 0.25) is 0 Å². The Balaban J connectivity index is 1.19. The van der Waals surface area contributed by atoms with Gasteiger partial charge in [-0.15, -0.1) is 5.10 Å². The van der Waals surface area contributed by atoms with E-state index in [9.17, 15) is 4.79 Å². The lowest BCUT2D eigenvalue weighted by Gasteiger charge is -2.37. The molecule has 2 amide bonds. The molecule has 0 atom stereocenters. The molecule has 4 rings (SSSR count). The summed E-state index contributed by atoms with van der Waals surface area (Å²) >= 11 is 0. The molecule has 1 aromatic heterocycles. The maximum absolute atomic E-state index is 12.5. The second kappa shape index (κ2) is 7.56. The third-order valence-corrected chi connectivity index (χ3v) is 5.58. The van der Waals surface area contributed by atoms with Gasteiger partial charge in [-0.1, -0.05) is 0 Å². The molecule has 1 saturated carbocycles. The molecular weight excluding hydrogens is 316 g/mol. The number of amides is 2. The third kappa shape index (κ3) is 4.39. The van der Waals surface area contributed by atoms with Crippen LogP contribution in [0.3, 0.4) is 0 Å². The van der Waals surface area contributed by atoms with E-state index in [0.29, 0.717) is 6.04 Å². The highest BCUT2D eigenvalue weighted by atomic mass is 16.2. The summed E-state index contributed by atoms with van der Waals surface area (Å²) in [5, 5.41) is 11.3. The summed E-state index contributed by atoms with van der Waals surface area (Å²) in [5.74, 6) is 1.85. The molecule has 3 fully saturated rings. The predicted octanol–water partition coefficient (Wildman–Crippen LogP) is 1.18. The molecule has 7 heteroatoms. The number of carbonyl (C=O) groups excluding carboxylic acids is 1. The Labute approximate surface area is 149 Å². The number of carbonyl (C=O) groups is 1. The monoisotopic (exact) mass is 344 g/mol. The van der Waals surface area contributed by atoms with Crippen molar-refractivity contribution in [3.63, 3.8) is 0 Å². The molecule has 0 bridgehead atoms. The lowest BCUT2D eigenvalue weighted by Crippen LogP contribution is -2.55. The van der Waals surface area contributed by atoms with Crippen LogP contribution in [0.5, 0.6) is 0 Å². The smallest absolute Gasteiger partial charge is 0.317 e. The minimum absolute atomic E-state index is 0.0967. The fraction of sp³-hybridized carbons (Fsp3) is 0.722. The van der Waals surface area contributed by atoms with Gasteiger partial charge in [-0.2, -0.15) is 5.10 Å². The molecule has 25 heavy (non-hydrogen) atoms. The van der Waals surface area contributed by atoms with Gasteiger partial charge < -0.3 is 20.0 Å². The van der Waals surface area contributed by atoms with Crippen molar-refractivity contribution in [2.45, 2.75) is 31.7 Å². The Bertz CT molecular complexity index is 562. The standard InChI is InChI=1S/C18H28N6O/c25-18(20-16-5-8-22(9-6-16)14-15-3-4-15)24-12-10-23(11-13-24)17-2-1-7-19-21-17/h1-2,7,15-16H,3-6,8-14H2,(H,20,25). The Hall–Kier alpha value is -1.89. The Kier molecular flexibility index (Phi) is 5.01. The topological polar surface area (TPSA) is 64.6 Å². The Morgan fingerprint density at radius 1 is 1.08 bits per heavy atom. The van der Waals surface area contributed by atoms with Gasteiger partial charge in [-0.3, -0.25) is 0 Å². The fourth-order valence-electron chi connectivity index (χ4n) is 3.79. The lowest BCUT2D eigenvalue weighted by molar-refractivity contribution is 0.167. The predicted molar refractivity (Wildman–Crippen MR) is 96.5 cm³/mol. The number of aromatic nitrogens is 2. The summed E-state index contributed by atoms with van der Waals surface area (Å²) in [7, 11) is 0. The first-order valence-corrected chi connectivity index (χ1v) is 9.58. The first-order chi connectivity index (χ1) is 12.3. The van der Waals surface area contributed by atoms with Crippen molar-refractivity contribution in [1.82, 2.24) is 25.3 Å². The van der Waals surface area contributed by atoms with Gasteiger partial charge >= 0.3 is 6.03 Å². The van der Waals surface area contributed by atoms with E-state index >= 15 is 0 Å². The van der Waals surface area contributed by atoms with Crippen LogP contribution in [-0.4, -0.2) is 77.9 Å². The second-order valence-corrected chi connectivity index (χ2v) is 7.52. The number of piperazine rings is 1. The highest BCUT2D eigenvalue weighted by Gasteiger charge is 2.29. The van der Waals surface area contributed by atoms with Gasteiger partial charge in [-0.25, -0.2) is 4.79 Å². The Morgan fingerprint density at radius 3 is 2.48 bits per heavy atom. The normalized spacial score (nSPS) is 22.9. The van der Waals surface area contributed by atoms with Gasteiger partial charge in [0.25, 0.3) is 0 Å². The Morgan fingerprint density at radius 2 is 1.84 bits per heavy atom. The van der Waals surface area contributed by atoms with Crippen molar-refractivity contribution in [1.29, 1.82) is 0 Å². The number of piperidine rings is 1. The van der Waals surface area contributed by atoms with Gasteiger partial charge in [0.2, 0.25) is 0 Å². The molecule has 7 nitrogen and oxygen atoms in total. The fourth-order valence-corrected chi connectivity index (χ4v) is 3.79. The first kappa shape index (κ1) is 16.6. The minimum atomic E-state index is 0.0967. The van der Waals surface area contributed by atoms with Crippen molar-refractivity contribution < 1.29 is 4.79 Å². The number of hydrogen-bond acceptors (Lipinski definition) is 5. The maximum atomic E-state index is 12.5. The minimum Gasteiger partial charge on any atom is -0.352 e. The van der Waals surface area contributed by atoms with E-state index < -0.39 is 0 Å². The molecule has 0 radical (unpaired) electrons. The molecule has 2 aliphatic heterocycles. The number of nitrogens with one attached hydrogen (secondary N) is 1. The van der Waals surface area contributed by atoms with E-state index in [-0.39, 0.29) is 6.03 Å². The molecule has 3 aliphatic rings. The van der Waals surface area contributed by atoms with Crippen LogP contribution in [0.25, 0.3) is 0 Å². The molecule has 3 heterocycles. The van der Waals surface area contributed by atoms with Crippen LogP contribution in [0.1, 0.15) is 25.7 Å². The van der Waals surface area contributed by atoms with Crippen molar-refractivity contribution in [3.05, 3.63) is 18.3 Å². The van der Waals surface area contributed by atoms with Crippen LogP contribution >= 0.6 is 0 Å². The molecule has 1 N–H and O–H groups in total. The molecule has 2 saturated heterocycles. The zero-order chi connectivity index (χ0) is 17.1. The number of hydrogen-bond donors (Lipinski definition) is 1. The quantitative estimate of drug-likeness (QED) is 0.889. The van der Waals surface area contributed by atoms with Gasteiger partial charge in [0, 0.05) is 58.1 Å². The van der Waals surface area contributed by atoms with E-state index in [1.54, 1.807) is 6.20 Å². The number of urea groups is 1. The van der Waals surface area contributed by atoms with Crippen molar-refractivity contribution >= 4 is 11.8 Å². The first-order valence-electron chi connectivity index (χ1n) is 9.58. The maximum Gasteiger partial charge on any atom is 0.317 e. The van der Waals surface area contributed by atoms with Crippen LogP contribution < -0.4 is 10.2 Å². The van der Waals surface area contributed by atoms with E-state index in [0.717, 1.165) is 63.8 Å². The van der Waals surface area contributed by atoms with E-state index in [1.807, 2.05) is 17.0 Å². The molecule has 1 aliphatic carbocycles. The van der Waals surface area contributed by atoms with E-state index in [2.05, 4.69) is 25.3 Å². The molecule has 0 aromatic carbocycles. The summed E-state index contributed by atoms with van der Waals surface area (Å²) in [5.41, 5.74) is 0. The summed E-state index contributed by atoms with van der Waals surface area (Å²) in [6, 6.07) is 4.30. The molecular formula is C18H28N6O. The second-order valence-electron chi connectivity index (χ2n) is 7.52. The van der Waals surface area contributed by atoms with Crippen LogP contribution in [0.4, 0.5) is 10.6 Å². The summed E-state index contributed by atoms with van der Waals surface area (Å²) in [4.78, 5) is 19.2. The third-order valence-electron chi connectivity index (χ3n) is 5.58. The van der Waals surface area contributed by atoms with E-state index in [4.69, 9.17) is 0 Å². The molecule has 0 spiro atoms. The number of likely N-dealkylation sites (tertiary alicyclic amines) is 1. The molecule has 0 unspecified atom stereocenters. The van der Waals surface area contributed by atoms with Crippen molar-refractivity contribution in [2.24, 2.45) is 5.92 Å². The summed E-state index contributed by atoms with van der Waals surface area (Å²) < 4.78 is 0. The summed E-state index contributed by atoms with van der Waals surface area (Å²) in [6.07, 6.45) is 6.67.